The minimum atomic E-state index is -0.263. The fourth-order valence-corrected chi connectivity index (χ4v) is 3.96. The van der Waals surface area contributed by atoms with Crippen LogP contribution in [0.1, 0.15) is 11.1 Å². The van der Waals surface area contributed by atoms with Crippen molar-refractivity contribution in [3.63, 3.8) is 0 Å². The summed E-state index contributed by atoms with van der Waals surface area (Å²) in [5.74, 6) is -0.522. The molecule has 5 heteroatoms. The standard InChI is InChI=1S/C22H16N2O2S/c25-21-19(17-7-3-1-4-8-17)20(27-18-9-5-2-6-10-18)22(26)24(21)15-16-11-13-23-14-12-16/h1-14H,15H2. The number of carbonyl (C=O) groups is 2. The maximum Gasteiger partial charge on any atom is 0.268 e. The highest BCUT2D eigenvalue weighted by Gasteiger charge is 2.39. The van der Waals surface area contributed by atoms with Gasteiger partial charge in [0.15, 0.2) is 0 Å². The van der Waals surface area contributed by atoms with Crippen molar-refractivity contribution in [1.29, 1.82) is 0 Å². The zero-order valence-electron chi connectivity index (χ0n) is 14.4. The van der Waals surface area contributed by atoms with Crippen LogP contribution >= 0.6 is 11.8 Å². The minimum absolute atomic E-state index is 0.232. The van der Waals surface area contributed by atoms with Crippen LogP contribution in [0.2, 0.25) is 0 Å². The second kappa shape index (κ2) is 7.60. The second-order valence-corrected chi connectivity index (χ2v) is 7.12. The van der Waals surface area contributed by atoms with E-state index in [4.69, 9.17) is 0 Å². The fraction of sp³-hybridized carbons (Fsp3) is 0.0455. The van der Waals surface area contributed by atoms with Crippen molar-refractivity contribution in [3.8, 4) is 0 Å². The molecule has 0 bridgehead atoms. The molecule has 0 atom stereocenters. The van der Waals surface area contributed by atoms with E-state index in [9.17, 15) is 9.59 Å². The predicted molar refractivity (Wildman–Crippen MR) is 105 cm³/mol. The molecular weight excluding hydrogens is 356 g/mol. The van der Waals surface area contributed by atoms with Crippen molar-refractivity contribution in [3.05, 3.63) is 101 Å². The molecule has 132 valence electrons. The van der Waals surface area contributed by atoms with Crippen molar-refractivity contribution < 1.29 is 9.59 Å². The lowest BCUT2D eigenvalue weighted by atomic mass is 10.1. The number of nitrogens with zero attached hydrogens (tertiary/aromatic N) is 2. The minimum Gasteiger partial charge on any atom is -0.269 e. The first-order chi connectivity index (χ1) is 13.2. The van der Waals surface area contributed by atoms with Gasteiger partial charge in [-0.05, 0) is 35.4 Å². The SMILES string of the molecule is O=C1C(Sc2ccccc2)=C(c2ccccc2)C(=O)N1Cc1ccncc1. The molecule has 3 aromatic rings. The molecule has 0 radical (unpaired) electrons. The summed E-state index contributed by atoms with van der Waals surface area (Å²) in [7, 11) is 0. The molecule has 4 nitrogen and oxygen atoms in total. The van der Waals surface area contributed by atoms with Crippen LogP contribution in [0.25, 0.3) is 5.57 Å². The molecule has 0 fully saturated rings. The first kappa shape index (κ1) is 17.2. The Bertz CT molecular complexity index is 1000. The summed E-state index contributed by atoms with van der Waals surface area (Å²) >= 11 is 1.34. The number of carbonyl (C=O) groups excluding carboxylic acids is 2. The molecule has 1 aromatic heterocycles. The average molecular weight is 372 g/mol. The average Bonchev–Trinajstić information content (AvgIpc) is 2.94. The number of hydrogen-bond donors (Lipinski definition) is 0. The largest absolute Gasteiger partial charge is 0.269 e. The summed E-state index contributed by atoms with van der Waals surface area (Å²) < 4.78 is 0. The molecule has 2 aromatic carbocycles. The van der Waals surface area contributed by atoms with Crippen LogP contribution < -0.4 is 0 Å². The van der Waals surface area contributed by atoms with Gasteiger partial charge in [-0.25, -0.2) is 0 Å². The first-order valence-electron chi connectivity index (χ1n) is 8.52. The summed E-state index contributed by atoms with van der Waals surface area (Å²) in [6.45, 7) is 0.232. The smallest absolute Gasteiger partial charge is 0.268 e. The monoisotopic (exact) mass is 372 g/mol. The van der Waals surface area contributed by atoms with Gasteiger partial charge in [0, 0.05) is 17.3 Å². The third kappa shape index (κ3) is 3.55. The Morgan fingerprint density at radius 1 is 0.778 bits per heavy atom. The molecule has 0 N–H and O–H groups in total. The highest BCUT2D eigenvalue weighted by molar-refractivity contribution is 8.04. The summed E-state index contributed by atoms with van der Waals surface area (Å²) in [6.07, 6.45) is 3.32. The van der Waals surface area contributed by atoms with Crippen molar-refractivity contribution in [2.75, 3.05) is 0 Å². The van der Waals surface area contributed by atoms with Crippen LogP contribution in [-0.4, -0.2) is 21.7 Å². The van der Waals surface area contributed by atoms with Gasteiger partial charge in [-0.15, -0.1) is 0 Å². The first-order valence-corrected chi connectivity index (χ1v) is 9.33. The quantitative estimate of drug-likeness (QED) is 0.631. The Balaban J connectivity index is 1.73. The van der Waals surface area contributed by atoms with E-state index in [1.807, 2.05) is 72.8 Å². The van der Waals surface area contributed by atoms with Crippen LogP contribution in [0.5, 0.6) is 0 Å². The fourth-order valence-electron chi connectivity index (χ4n) is 2.93. The Kier molecular flexibility index (Phi) is 4.85. The molecule has 0 aliphatic carbocycles. The van der Waals surface area contributed by atoms with Crippen molar-refractivity contribution >= 4 is 29.1 Å². The molecule has 27 heavy (non-hydrogen) atoms. The topological polar surface area (TPSA) is 50.3 Å². The predicted octanol–water partition coefficient (Wildman–Crippen LogP) is 4.15. The van der Waals surface area contributed by atoms with E-state index in [1.165, 1.54) is 16.7 Å². The van der Waals surface area contributed by atoms with Gasteiger partial charge in [-0.1, -0.05) is 60.3 Å². The highest BCUT2D eigenvalue weighted by atomic mass is 32.2. The van der Waals surface area contributed by atoms with Gasteiger partial charge < -0.3 is 0 Å². The van der Waals surface area contributed by atoms with Crippen LogP contribution in [0.3, 0.4) is 0 Å². The lowest BCUT2D eigenvalue weighted by Crippen LogP contribution is -2.30. The van der Waals surface area contributed by atoms with E-state index in [1.54, 1.807) is 12.4 Å². The third-order valence-corrected chi connectivity index (χ3v) is 5.33. The van der Waals surface area contributed by atoms with E-state index in [-0.39, 0.29) is 18.4 Å². The Labute approximate surface area is 161 Å². The van der Waals surface area contributed by atoms with E-state index in [0.29, 0.717) is 10.5 Å². The zero-order chi connectivity index (χ0) is 18.6. The Morgan fingerprint density at radius 3 is 2.07 bits per heavy atom. The van der Waals surface area contributed by atoms with Gasteiger partial charge in [0.2, 0.25) is 0 Å². The van der Waals surface area contributed by atoms with E-state index < -0.39 is 0 Å². The Hall–Kier alpha value is -3.18. The molecule has 1 aliphatic rings. The Morgan fingerprint density at radius 2 is 1.41 bits per heavy atom. The summed E-state index contributed by atoms with van der Waals surface area (Å²) in [4.78, 5) is 32.9. The van der Waals surface area contributed by atoms with Gasteiger partial charge in [-0.2, -0.15) is 0 Å². The lowest BCUT2D eigenvalue weighted by Gasteiger charge is -2.15. The van der Waals surface area contributed by atoms with Crippen molar-refractivity contribution in [2.24, 2.45) is 0 Å². The molecule has 2 amide bonds. The van der Waals surface area contributed by atoms with Crippen LogP contribution in [0.4, 0.5) is 0 Å². The molecule has 0 spiro atoms. The van der Waals surface area contributed by atoms with E-state index in [2.05, 4.69) is 4.98 Å². The van der Waals surface area contributed by atoms with E-state index in [0.717, 1.165) is 16.0 Å². The second-order valence-electron chi connectivity index (χ2n) is 6.04. The lowest BCUT2D eigenvalue weighted by molar-refractivity contribution is -0.137. The maximum atomic E-state index is 13.1. The third-order valence-electron chi connectivity index (χ3n) is 4.24. The number of thioether (sulfide) groups is 1. The van der Waals surface area contributed by atoms with Gasteiger partial charge in [0.25, 0.3) is 11.8 Å². The number of amides is 2. The normalized spacial score (nSPS) is 14.1. The van der Waals surface area contributed by atoms with Gasteiger partial charge in [0.05, 0.1) is 17.0 Å². The number of hydrogen-bond acceptors (Lipinski definition) is 4. The molecule has 0 saturated carbocycles. The van der Waals surface area contributed by atoms with Gasteiger partial charge in [0.1, 0.15) is 0 Å². The summed E-state index contributed by atoms with van der Waals surface area (Å²) in [5.41, 5.74) is 2.08. The summed E-state index contributed by atoms with van der Waals surface area (Å²) in [6, 6.07) is 22.6. The van der Waals surface area contributed by atoms with Crippen LogP contribution in [0, 0.1) is 0 Å². The van der Waals surface area contributed by atoms with Crippen molar-refractivity contribution in [2.45, 2.75) is 11.4 Å². The maximum absolute atomic E-state index is 13.1. The number of pyridine rings is 1. The molecule has 2 heterocycles. The van der Waals surface area contributed by atoms with Gasteiger partial charge >= 0.3 is 0 Å². The zero-order valence-corrected chi connectivity index (χ0v) is 15.2. The van der Waals surface area contributed by atoms with Crippen molar-refractivity contribution in [1.82, 2.24) is 9.88 Å². The molecule has 1 aliphatic heterocycles. The number of aromatic nitrogens is 1. The van der Waals surface area contributed by atoms with Crippen LogP contribution in [0.15, 0.2) is 95.0 Å². The van der Waals surface area contributed by atoms with Gasteiger partial charge in [-0.3, -0.25) is 19.5 Å². The number of imide groups is 1. The summed E-state index contributed by atoms with van der Waals surface area (Å²) in [5, 5.41) is 0. The molecule has 4 rings (SSSR count). The van der Waals surface area contributed by atoms with Crippen LogP contribution in [-0.2, 0) is 16.1 Å². The molecule has 0 unspecified atom stereocenters. The highest BCUT2D eigenvalue weighted by Crippen LogP contribution is 2.40. The number of rotatable bonds is 5. The van der Waals surface area contributed by atoms with E-state index >= 15 is 0 Å². The number of benzene rings is 2. The molecule has 0 saturated heterocycles. The molecular formula is C22H16N2O2S.